The SMILES string of the molecule is [2H]C([2H])([2H])Oc1ccc(C(C)(C)C)cn1. The molecular formula is C10H15NO. The van der Waals surface area contributed by atoms with Crippen molar-refractivity contribution in [3.63, 3.8) is 0 Å². The zero-order chi connectivity index (χ0) is 11.7. The molecule has 0 saturated heterocycles. The Morgan fingerprint density at radius 1 is 1.42 bits per heavy atom. The fourth-order valence-corrected chi connectivity index (χ4v) is 0.884. The van der Waals surface area contributed by atoms with E-state index < -0.39 is 7.04 Å². The Balaban J connectivity index is 2.82. The zero-order valence-corrected chi connectivity index (χ0v) is 7.59. The molecule has 0 saturated carbocycles. The molecule has 2 nitrogen and oxygen atoms in total. The molecule has 0 aliphatic carbocycles. The monoisotopic (exact) mass is 168 g/mol. The average molecular weight is 168 g/mol. The molecule has 0 spiro atoms. The first-order valence-electron chi connectivity index (χ1n) is 5.34. The Morgan fingerprint density at radius 2 is 2.17 bits per heavy atom. The van der Waals surface area contributed by atoms with Crippen LogP contribution in [0.1, 0.15) is 30.4 Å². The molecule has 2 heteroatoms. The largest absolute Gasteiger partial charge is 0.481 e. The molecule has 0 amide bonds. The van der Waals surface area contributed by atoms with E-state index in [0.717, 1.165) is 5.56 Å². The van der Waals surface area contributed by atoms with E-state index in [-0.39, 0.29) is 11.3 Å². The molecule has 0 fully saturated rings. The van der Waals surface area contributed by atoms with E-state index in [0.29, 0.717) is 0 Å². The van der Waals surface area contributed by atoms with Crippen LogP contribution in [-0.4, -0.2) is 12.0 Å². The Bertz CT molecular complexity index is 324. The summed E-state index contributed by atoms with van der Waals surface area (Å²) in [5, 5.41) is 0. The summed E-state index contributed by atoms with van der Waals surface area (Å²) in [7, 11) is -2.43. The van der Waals surface area contributed by atoms with Gasteiger partial charge in [0.2, 0.25) is 5.88 Å². The lowest BCUT2D eigenvalue weighted by Gasteiger charge is -2.18. The molecule has 0 radical (unpaired) electrons. The highest BCUT2D eigenvalue weighted by Gasteiger charge is 2.13. The zero-order valence-electron chi connectivity index (χ0n) is 10.6. The summed E-state index contributed by atoms with van der Waals surface area (Å²) >= 11 is 0. The highest BCUT2D eigenvalue weighted by atomic mass is 16.5. The molecule has 0 aliphatic heterocycles. The van der Waals surface area contributed by atoms with Gasteiger partial charge in [0.1, 0.15) is 0 Å². The lowest BCUT2D eigenvalue weighted by Crippen LogP contribution is -2.11. The number of methoxy groups -OCH3 is 1. The van der Waals surface area contributed by atoms with Gasteiger partial charge in [0.05, 0.1) is 11.2 Å². The van der Waals surface area contributed by atoms with Gasteiger partial charge in [0.15, 0.2) is 0 Å². The number of rotatable bonds is 1. The van der Waals surface area contributed by atoms with E-state index in [1.54, 1.807) is 12.3 Å². The van der Waals surface area contributed by atoms with E-state index in [9.17, 15) is 0 Å². The fraction of sp³-hybridized carbons (Fsp3) is 0.500. The van der Waals surface area contributed by atoms with Crippen molar-refractivity contribution in [3.8, 4) is 5.88 Å². The van der Waals surface area contributed by atoms with Gasteiger partial charge in [0, 0.05) is 12.3 Å². The van der Waals surface area contributed by atoms with Crippen molar-refractivity contribution in [3.05, 3.63) is 23.9 Å². The summed E-state index contributed by atoms with van der Waals surface area (Å²) in [5.41, 5.74) is 1.05. The number of nitrogens with zero attached hydrogens (tertiary/aromatic N) is 1. The van der Waals surface area contributed by atoms with Crippen molar-refractivity contribution in [2.75, 3.05) is 7.04 Å². The van der Waals surface area contributed by atoms with Gasteiger partial charge < -0.3 is 4.74 Å². The van der Waals surface area contributed by atoms with Crippen molar-refractivity contribution in [2.45, 2.75) is 26.2 Å². The predicted molar refractivity (Wildman–Crippen MR) is 49.5 cm³/mol. The van der Waals surface area contributed by atoms with Crippen molar-refractivity contribution < 1.29 is 8.85 Å². The predicted octanol–water partition coefficient (Wildman–Crippen LogP) is 2.39. The molecule has 0 unspecified atom stereocenters. The minimum atomic E-state index is -2.43. The highest BCUT2D eigenvalue weighted by molar-refractivity contribution is 5.23. The molecule has 0 aliphatic rings. The quantitative estimate of drug-likeness (QED) is 0.642. The molecule has 1 rings (SSSR count). The van der Waals surface area contributed by atoms with Gasteiger partial charge in [-0.2, -0.15) is 0 Å². The smallest absolute Gasteiger partial charge is 0.212 e. The van der Waals surface area contributed by atoms with Crippen LogP contribution < -0.4 is 4.74 Å². The van der Waals surface area contributed by atoms with Gasteiger partial charge in [-0.05, 0) is 11.0 Å². The minimum absolute atomic E-state index is 0.00547. The van der Waals surface area contributed by atoms with Gasteiger partial charge in [-0.25, -0.2) is 4.98 Å². The number of aromatic nitrogens is 1. The lowest BCUT2D eigenvalue weighted by atomic mass is 9.88. The third kappa shape index (κ3) is 1.97. The van der Waals surface area contributed by atoms with Crippen molar-refractivity contribution in [1.29, 1.82) is 0 Å². The van der Waals surface area contributed by atoms with E-state index >= 15 is 0 Å². The van der Waals surface area contributed by atoms with Crippen molar-refractivity contribution in [2.24, 2.45) is 0 Å². The maximum Gasteiger partial charge on any atom is 0.212 e. The van der Waals surface area contributed by atoms with Crippen LogP contribution in [0.15, 0.2) is 18.3 Å². The average Bonchev–Trinajstić information content (AvgIpc) is 2.00. The van der Waals surface area contributed by atoms with E-state index in [1.165, 1.54) is 0 Å². The van der Waals surface area contributed by atoms with Crippen LogP contribution in [0.2, 0.25) is 0 Å². The van der Waals surface area contributed by atoms with Gasteiger partial charge in [-0.15, -0.1) is 0 Å². The van der Waals surface area contributed by atoms with Crippen LogP contribution in [0.4, 0.5) is 0 Å². The first-order valence-corrected chi connectivity index (χ1v) is 3.84. The summed E-state index contributed by atoms with van der Waals surface area (Å²) in [4.78, 5) is 3.95. The Labute approximate surface area is 77.8 Å². The molecule has 1 aromatic heterocycles. The maximum absolute atomic E-state index is 6.92. The standard InChI is InChI=1S/C10H15NO/c1-10(2,3)8-5-6-9(12-4)11-7-8/h5-7H,1-4H3/i4D3. The Kier molecular flexibility index (Phi) is 1.45. The van der Waals surface area contributed by atoms with Crippen LogP contribution in [0.25, 0.3) is 0 Å². The summed E-state index contributed by atoms with van der Waals surface area (Å²) in [6.07, 6.45) is 1.64. The minimum Gasteiger partial charge on any atom is -0.481 e. The number of pyridine rings is 1. The normalized spacial score (nSPS) is 16.1. The van der Waals surface area contributed by atoms with E-state index in [1.807, 2.05) is 6.07 Å². The van der Waals surface area contributed by atoms with Gasteiger partial charge >= 0.3 is 0 Å². The molecule has 1 heterocycles. The molecular weight excluding hydrogens is 150 g/mol. The van der Waals surface area contributed by atoms with Crippen LogP contribution in [-0.2, 0) is 5.41 Å². The molecule has 0 aromatic carbocycles. The summed E-state index contributed by atoms with van der Waals surface area (Å²) in [6.45, 7) is 6.19. The van der Waals surface area contributed by atoms with Gasteiger partial charge in [0.25, 0.3) is 0 Å². The lowest BCUT2D eigenvalue weighted by molar-refractivity contribution is 0.397. The van der Waals surface area contributed by atoms with Crippen LogP contribution >= 0.6 is 0 Å². The van der Waals surface area contributed by atoms with Crippen molar-refractivity contribution in [1.82, 2.24) is 4.98 Å². The second-order valence-electron chi connectivity index (χ2n) is 3.74. The van der Waals surface area contributed by atoms with Gasteiger partial charge in [-0.1, -0.05) is 26.8 Å². The summed E-state index contributed by atoms with van der Waals surface area (Å²) < 4.78 is 25.4. The number of ether oxygens (including phenoxy) is 1. The fourth-order valence-electron chi connectivity index (χ4n) is 0.884. The molecule has 0 bridgehead atoms. The first kappa shape index (κ1) is 5.57. The third-order valence-electron chi connectivity index (χ3n) is 1.71. The Morgan fingerprint density at radius 3 is 2.58 bits per heavy atom. The summed E-state index contributed by atoms with van der Waals surface area (Å²) in [6, 6.07) is 3.40. The molecule has 1 aromatic rings. The molecule has 0 atom stereocenters. The van der Waals surface area contributed by atoms with Crippen LogP contribution in [0.3, 0.4) is 0 Å². The third-order valence-corrected chi connectivity index (χ3v) is 1.71. The molecule has 66 valence electrons. The van der Waals surface area contributed by atoms with Gasteiger partial charge in [-0.3, -0.25) is 0 Å². The van der Waals surface area contributed by atoms with Crippen LogP contribution in [0, 0.1) is 0 Å². The second kappa shape index (κ2) is 3.13. The summed E-state index contributed by atoms with van der Waals surface area (Å²) in [5.74, 6) is 0.128. The van der Waals surface area contributed by atoms with Crippen molar-refractivity contribution >= 4 is 0 Å². The van der Waals surface area contributed by atoms with E-state index in [2.05, 4.69) is 30.5 Å². The molecule has 12 heavy (non-hydrogen) atoms. The Hall–Kier alpha value is -1.05. The number of hydrogen-bond donors (Lipinski definition) is 0. The maximum atomic E-state index is 6.92. The number of hydrogen-bond acceptors (Lipinski definition) is 2. The first-order chi connectivity index (χ1) is 6.68. The molecule has 0 N–H and O–H groups in total. The van der Waals surface area contributed by atoms with E-state index in [4.69, 9.17) is 4.11 Å². The second-order valence-corrected chi connectivity index (χ2v) is 3.74. The highest BCUT2D eigenvalue weighted by Crippen LogP contribution is 2.22. The topological polar surface area (TPSA) is 22.1 Å². The van der Waals surface area contributed by atoms with Crippen LogP contribution in [0.5, 0.6) is 5.88 Å².